The zero-order valence-electron chi connectivity index (χ0n) is 24.7. The molecule has 4 aromatic carbocycles. The van der Waals surface area contributed by atoms with E-state index in [0.717, 1.165) is 42.4 Å². The summed E-state index contributed by atoms with van der Waals surface area (Å²) in [5.41, 5.74) is 5.99. The predicted molar refractivity (Wildman–Crippen MR) is 172 cm³/mol. The van der Waals surface area contributed by atoms with E-state index in [1.165, 1.54) is 22.3 Å². The summed E-state index contributed by atoms with van der Waals surface area (Å²) in [6, 6.07) is 40.7. The minimum absolute atomic E-state index is 0.357. The van der Waals surface area contributed by atoms with E-state index >= 15 is 0 Å². The maximum atomic E-state index is 13.1. The van der Waals surface area contributed by atoms with E-state index in [9.17, 15) is 4.79 Å². The van der Waals surface area contributed by atoms with Gasteiger partial charge in [0.25, 0.3) is 0 Å². The molecule has 0 amide bonds. The summed E-state index contributed by atoms with van der Waals surface area (Å²) >= 11 is 0. The van der Waals surface area contributed by atoms with E-state index in [-0.39, 0.29) is 6.09 Å². The maximum Gasteiger partial charge on any atom is 0.419 e. The fourth-order valence-electron chi connectivity index (χ4n) is 6.39. The first kappa shape index (κ1) is 27.7. The molecule has 0 radical (unpaired) electrons. The standard InChI is InChI=1S/C38H38N2O2/c1-37(2,3)42-36(41)40-28-30(34-23-13-14-24-35(34)40)26-29-16-15-25-39(27-29)38(31-17-7-4-8-18-31,32-19-9-5-10-20-32)33-21-11-6-12-22-33/h4-14,17-24,26,28H,15-16,25,27H2,1-3H3/b29-26+. The Hall–Kier alpha value is -4.41. The molecule has 0 unspecified atom stereocenters. The van der Waals surface area contributed by atoms with Gasteiger partial charge in [0.15, 0.2) is 0 Å². The van der Waals surface area contributed by atoms with E-state index in [0.29, 0.717) is 0 Å². The van der Waals surface area contributed by atoms with Crippen molar-refractivity contribution in [2.75, 3.05) is 13.1 Å². The van der Waals surface area contributed by atoms with Gasteiger partial charge in [-0.05, 0) is 56.4 Å². The number of ether oxygens (including phenoxy) is 1. The highest BCUT2D eigenvalue weighted by Crippen LogP contribution is 2.44. The van der Waals surface area contributed by atoms with Gasteiger partial charge in [-0.1, -0.05) is 121 Å². The molecule has 0 bridgehead atoms. The number of hydrogen-bond acceptors (Lipinski definition) is 3. The van der Waals surface area contributed by atoms with Gasteiger partial charge in [0.1, 0.15) is 5.60 Å². The monoisotopic (exact) mass is 554 g/mol. The lowest BCUT2D eigenvalue weighted by Gasteiger charge is -2.48. The Bertz CT molecular complexity index is 1600. The molecule has 1 aromatic heterocycles. The summed E-state index contributed by atoms with van der Waals surface area (Å²) in [6.07, 6.45) is 5.93. The maximum absolute atomic E-state index is 13.1. The number of likely N-dealkylation sites (tertiary alicyclic amines) is 1. The predicted octanol–water partition coefficient (Wildman–Crippen LogP) is 8.90. The Morgan fingerprint density at radius 1 is 0.738 bits per heavy atom. The van der Waals surface area contributed by atoms with Gasteiger partial charge in [-0.2, -0.15) is 0 Å². The van der Waals surface area contributed by atoms with Gasteiger partial charge in [-0.3, -0.25) is 9.47 Å². The van der Waals surface area contributed by atoms with Crippen LogP contribution in [0.15, 0.2) is 127 Å². The van der Waals surface area contributed by atoms with Crippen LogP contribution in [0.3, 0.4) is 0 Å². The van der Waals surface area contributed by atoms with Crippen LogP contribution in [0.5, 0.6) is 0 Å². The second-order valence-electron chi connectivity index (χ2n) is 12.1. The first-order chi connectivity index (χ1) is 20.4. The van der Waals surface area contributed by atoms with Crippen molar-refractivity contribution in [3.05, 3.63) is 149 Å². The Morgan fingerprint density at radius 3 is 1.81 bits per heavy atom. The third kappa shape index (κ3) is 5.31. The summed E-state index contributed by atoms with van der Waals surface area (Å²) in [6.45, 7) is 7.47. The highest BCUT2D eigenvalue weighted by Gasteiger charge is 2.43. The number of hydrogen-bond donors (Lipinski definition) is 0. The molecule has 2 heterocycles. The van der Waals surface area contributed by atoms with Gasteiger partial charge in [0, 0.05) is 30.2 Å². The summed E-state index contributed by atoms with van der Waals surface area (Å²) in [4.78, 5) is 15.8. The van der Waals surface area contributed by atoms with Crippen LogP contribution < -0.4 is 0 Å². The number of para-hydroxylation sites is 1. The third-order valence-corrected chi connectivity index (χ3v) is 8.06. The minimum Gasteiger partial charge on any atom is -0.443 e. The van der Waals surface area contributed by atoms with Crippen molar-refractivity contribution in [1.82, 2.24) is 9.47 Å². The van der Waals surface area contributed by atoms with Crippen molar-refractivity contribution in [3.63, 3.8) is 0 Å². The van der Waals surface area contributed by atoms with Gasteiger partial charge in [-0.15, -0.1) is 0 Å². The van der Waals surface area contributed by atoms with E-state index in [2.05, 4.69) is 108 Å². The molecule has 4 heteroatoms. The average molecular weight is 555 g/mol. The first-order valence-electron chi connectivity index (χ1n) is 14.8. The topological polar surface area (TPSA) is 34.5 Å². The second-order valence-corrected chi connectivity index (χ2v) is 12.1. The number of nitrogens with zero attached hydrogens (tertiary/aromatic N) is 2. The molecule has 42 heavy (non-hydrogen) atoms. The van der Waals surface area contributed by atoms with E-state index in [1.807, 2.05) is 45.2 Å². The molecule has 1 aliphatic heterocycles. The van der Waals surface area contributed by atoms with E-state index < -0.39 is 11.1 Å². The molecule has 0 spiro atoms. The van der Waals surface area contributed by atoms with E-state index in [4.69, 9.17) is 4.74 Å². The normalized spacial score (nSPS) is 15.6. The largest absolute Gasteiger partial charge is 0.443 e. The average Bonchev–Trinajstić information content (AvgIpc) is 3.37. The van der Waals surface area contributed by atoms with Crippen LogP contribution in [-0.2, 0) is 10.3 Å². The first-order valence-corrected chi connectivity index (χ1v) is 14.8. The van der Waals surface area contributed by atoms with Crippen LogP contribution in [0.25, 0.3) is 17.0 Å². The van der Waals surface area contributed by atoms with Crippen LogP contribution in [-0.4, -0.2) is 34.3 Å². The van der Waals surface area contributed by atoms with Crippen LogP contribution >= 0.6 is 0 Å². The quantitative estimate of drug-likeness (QED) is 0.204. The van der Waals surface area contributed by atoms with Crippen molar-refractivity contribution in [2.24, 2.45) is 0 Å². The molecular formula is C38H38N2O2. The van der Waals surface area contributed by atoms with Crippen LogP contribution in [0.1, 0.15) is 55.9 Å². The third-order valence-electron chi connectivity index (χ3n) is 8.06. The van der Waals surface area contributed by atoms with Crippen LogP contribution in [0.4, 0.5) is 4.79 Å². The minimum atomic E-state index is -0.569. The molecule has 0 aliphatic carbocycles. The molecule has 0 saturated carbocycles. The molecule has 4 nitrogen and oxygen atoms in total. The molecule has 1 fully saturated rings. The van der Waals surface area contributed by atoms with Crippen molar-refractivity contribution < 1.29 is 9.53 Å². The molecular weight excluding hydrogens is 516 g/mol. The molecule has 1 saturated heterocycles. The highest BCUT2D eigenvalue weighted by atomic mass is 16.6. The van der Waals surface area contributed by atoms with Gasteiger partial charge in [0.05, 0.1) is 11.1 Å². The van der Waals surface area contributed by atoms with Crippen molar-refractivity contribution in [2.45, 2.75) is 44.8 Å². The van der Waals surface area contributed by atoms with Crippen LogP contribution in [0, 0.1) is 0 Å². The van der Waals surface area contributed by atoms with Crippen LogP contribution in [0.2, 0.25) is 0 Å². The molecule has 1 aliphatic rings. The summed E-state index contributed by atoms with van der Waals surface area (Å²) in [5, 5.41) is 1.05. The van der Waals surface area contributed by atoms with Crippen molar-refractivity contribution in [1.29, 1.82) is 0 Å². The Labute approximate surface area is 248 Å². The lowest BCUT2D eigenvalue weighted by atomic mass is 9.74. The molecule has 0 N–H and O–H groups in total. The zero-order chi connectivity index (χ0) is 29.2. The SMILES string of the molecule is CC(C)(C)OC(=O)n1cc(/C=C2\CCCN(C(c3ccccc3)(c3ccccc3)c3ccccc3)C2)c2ccccc21. The molecule has 6 rings (SSSR count). The number of fused-ring (bicyclic) bond motifs is 1. The lowest BCUT2D eigenvalue weighted by molar-refractivity contribution is 0.0544. The summed E-state index contributed by atoms with van der Waals surface area (Å²) in [7, 11) is 0. The van der Waals surface area contributed by atoms with Crippen molar-refractivity contribution >= 4 is 23.1 Å². The zero-order valence-corrected chi connectivity index (χ0v) is 24.7. The number of carbonyl (C=O) groups excluding carboxylic acids is 1. The second kappa shape index (κ2) is 11.5. The van der Waals surface area contributed by atoms with Gasteiger partial charge in [-0.25, -0.2) is 4.79 Å². The smallest absolute Gasteiger partial charge is 0.419 e. The number of benzene rings is 4. The summed E-state index contributed by atoms with van der Waals surface area (Å²) in [5.74, 6) is 0. The Balaban J connectivity index is 1.46. The Morgan fingerprint density at radius 2 is 1.26 bits per heavy atom. The Kier molecular flexibility index (Phi) is 7.57. The number of aromatic nitrogens is 1. The fourth-order valence-corrected chi connectivity index (χ4v) is 6.39. The summed E-state index contributed by atoms with van der Waals surface area (Å²) < 4.78 is 7.39. The van der Waals surface area contributed by atoms with E-state index in [1.54, 1.807) is 4.57 Å². The highest BCUT2D eigenvalue weighted by molar-refractivity contribution is 5.95. The molecule has 212 valence electrons. The van der Waals surface area contributed by atoms with Gasteiger partial charge < -0.3 is 4.74 Å². The van der Waals surface area contributed by atoms with Crippen molar-refractivity contribution in [3.8, 4) is 0 Å². The van der Waals surface area contributed by atoms with Gasteiger partial charge >= 0.3 is 6.09 Å². The number of piperidine rings is 1. The lowest BCUT2D eigenvalue weighted by Crippen LogP contribution is -2.50. The molecule has 0 atom stereocenters. The van der Waals surface area contributed by atoms with Gasteiger partial charge in [0.2, 0.25) is 0 Å². The number of rotatable bonds is 5. The fraction of sp³-hybridized carbons (Fsp3) is 0.237. The molecule has 5 aromatic rings. The number of carbonyl (C=O) groups is 1.